The maximum atomic E-state index is 12.6. The summed E-state index contributed by atoms with van der Waals surface area (Å²) >= 11 is 0. The van der Waals surface area contributed by atoms with Gasteiger partial charge in [-0.05, 0) is 51.1 Å². The molecule has 2 aliphatic rings. The first-order valence-electron chi connectivity index (χ1n) is 9.29. The highest BCUT2D eigenvalue weighted by molar-refractivity contribution is 5.93. The van der Waals surface area contributed by atoms with Crippen molar-refractivity contribution in [3.05, 3.63) is 16.8 Å². The van der Waals surface area contributed by atoms with Crippen LogP contribution in [-0.2, 0) is 4.79 Å². The van der Waals surface area contributed by atoms with Crippen LogP contribution < -0.4 is 5.32 Å². The Morgan fingerprint density at radius 2 is 2.04 bits per heavy atom. The summed E-state index contributed by atoms with van der Waals surface area (Å²) in [7, 11) is 0. The van der Waals surface area contributed by atoms with Crippen LogP contribution in [0.5, 0.6) is 0 Å². The van der Waals surface area contributed by atoms with Crippen molar-refractivity contribution in [2.75, 3.05) is 31.6 Å². The summed E-state index contributed by atoms with van der Waals surface area (Å²) in [6.45, 7) is 6.09. The minimum atomic E-state index is -0.0770. The number of hydrogen-bond acceptors (Lipinski definition) is 4. The Hall–Kier alpha value is -1.84. The molecule has 1 aromatic heterocycles. The third-order valence-electron chi connectivity index (χ3n) is 5.81. The van der Waals surface area contributed by atoms with Crippen LogP contribution in [0.25, 0.3) is 0 Å². The Morgan fingerprint density at radius 3 is 2.64 bits per heavy atom. The van der Waals surface area contributed by atoms with Crippen molar-refractivity contribution in [2.24, 2.45) is 5.92 Å². The van der Waals surface area contributed by atoms with Crippen LogP contribution in [0.4, 0.5) is 5.82 Å². The van der Waals surface area contributed by atoms with E-state index in [0.717, 1.165) is 43.6 Å². The molecular formula is C19H28N4O2. The van der Waals surface area contributed by atoms with Gasteiger partial charge in [-0.15, -0.1) is 0 Å². The zero-order valence-corrected chi connectivity index (χ0v) is 15.2. The SMILES string of the molecule is Cc1c(C#N)c(NC(=O)CN2CCC(CO)C2)n(C2CCCC2)c1C. The predicted molar refractivity (Wildman–Crippen MR) is 96.4 cm³/mol. The van der Waals surface area contributed by atoms with Crippen LogP contribution in [-0.4, -0.2) is 46.7 Å². The van der Waals surface area contributed by atoms with E-state index in [1.807, 2.05) is 13.8 Å². The van der Waals surface area contributed by atoms with Crippen molar-refractivity contribution >= 4 is 11.7 Å². The van der Waals surface area contributed by atoms with Crippen LogP contribution in [0.2, 0.25) is 0 Å². The first-order chi connectivity index (χ1) is 12.0. The number of nitriles is 1. The normalized spacial score (nSPS) is 21.6. The molecular weight excluding hydrogens is 316 g/mol. The van der Waals surface area contributed by atoms with E-state index in [9.17, 15) is 15.2 Å². The van der Waals surface area contributed by atoms with E-state index in [2.05, 4.69) is 20.9 Å². The van der Waals surface area contributed by atoms with Crippen LogP contribution in [0.15, 0.2) is 0 Å². The molecule has 1 aliphatic carbocycles. The molecule has 6 heteroatoms. The van der Waals surface area contributed by atoms with Crippen molar-refractivity contribution in [1.29, 1.82) is 5.26 Å². The van der Waals surface area contributed by atoms with Crippen molar-refractivity contribution < 1.29 is 9.90 Å². The predicted octanol–water partition coefficient (Wildman–Crippen LogP) is 2.34. The molecule has 1 atom stereocenters. The number of carbonyl (C=O) groups excluding carboxylic acids is 1. The van der Waals surface area contributed by atoms with Gasteiger partial charge in [0.1, 0.15) is 11.9 Å². The minimum Gasteiger partial charge on any atom is -0.396 e. The summed E-state index contributed by atoms with van der Waals surface area (Å²) in [5.41, 5.74) is 2.64. The Kier molecular flexibility index (Phi) is 5.45. The van der Waals surface area contributed by atoms with E-state index in [0.29, 0.717) is 24.0 Å². The van der Waals surface area contributed by atoms with Gasteiger partial charge in [0.05, 0.1) is 12.1 Å². The lowest BCUT2D eigenvalue weighted by atomic mass is 10.1. The van der Waals surface area contributed by atoms with E-state index in [4.69, 9.17) is 0 Å². The molecule has 1 saturated carbocycles. The fraction of sp³-hybridized carbons (Fsp3) is 0.684. The van der Waals surface area contributed by atoms with E-state index in [1.54, 1.807) is 0 Å². The van der Waals surface area contributed by atoms with Crippen LogP contribution in [0.3, 0.4) is 0 Å². The van der Waals surface area contributed by atoms with Gasteiger partial charge in [0, 0.05) is 24.9 Å². The molecule has 0 aromatic carbocycles. The molecule has 25 heavy (non-hydrogen) atoms. The van der Waals surface area contributed by atoms with Gasteiger partial charge in [0.25, 0.3) is 0 Å². The van der Waals surface area contributed by atoms with Gasteiger partial charge in [0.15, 0.2) is 0 Å². The molecule has 136 valence electrons. The minimum absolute atomic E-state index is 0.0770. The number of rotatable bonds is 5. The number of carbonyl (C=O) groups is 1. The van der Waals surface area contributed by atoms with Crippen molar-refractivity contribution in [2.45, 2.75) is 52.0 Å². The second-order valence-electron chi connectivity index (χ2n) is 7.47. The van der Waals surface area contributed by atoms with Gasteiger partial charge in [-0.3, -0.25) is 9.69 Å². The van der Waals surface area contributed by atoms with Crippen LogP contribution in [0, 0.1) is 31.1 Å². The zero-order chi connectivity index (χ0) is 18.0. The van der Waals surface area contributed by atoms with Crippen molar-refractivity contribution in [3.63, 3.8) is 0 Å². The molecule has 1 saturated heterocycles. The second kappa shape index (κ2) is 7.59. The summed E-state index contributed by atoms with van der Waals surface area (Å²) in [5, 5.41) is 21.9. The van der Waals surface area contributed by atoms with Gasteiger partial charge in [-0.25, -0.2) is 0 Å². The first-order valence-corrected chi connectivity index (χ1v) is 9.29. The van der Waals surface area contributed by atoms with E-state index < -0.39 is 0 Å². The molecule has 1 amide bonds. The third-order valence-corrected chi connectivity index (χ3v) is 5.81. The molecule has 1 aliphatic heterocycles. The molecule has 1 aromatic rings. The Balaban J connectivity index is 1.78. The molecule has 0 radical (unpaired) electrons. The van der Waals surface area contributed by atoms with E-state index in [-0.39, 0.29) is 18.4 Å². The number of nitrogens with one attached hydrogen (secondary N) is 1. The number of anilines is 1. The number of aromatic nitrogens is 1. The quantitative estimate of drug-likeness (QED) is 0.859. The third kappa shape index (κ3) is 3.58. The molecule has 3 rings (SSSR count). The average Bonchev–Trinajstić information content (AvgIpc) is 3.30. The number of aliphatic hydroxyl groups excluding tert-OH is 1. The molecule has 6 nitrogen and oxygen atoms in total. The lowest BCUT2D eigenvalue weighted by Gasteiger charge is -2.20. The van der Waals surface area contributed by atoms with E-state index >= 15 is 0 Å². The summed E-state index contributed by atoms with van der Waals surface area (Å²) in [4.78, 5) is 14.7. The molecule has 0 bridgehead atoms. The number of hydrogen-bond donors (Lipinski definition) is 2. The highest BCUT2D eigenvalue weighted by atomic mass is 16.3. The van der Waals surface area contributed by atoms with Gasteiger partial charge in [0.2, 0.25) is 5.91 Å². The highest BCUT2D eigenvalue weighted by Gasteiger charge is 2.28. The van der Waals surface area contributed by atoms with Crippen molar-refractivity contribution in [3.8, 4) is 6.07 Å². The van der Waals surface area contributed by atoms with Gasteiger partial charge < -0.3 is 15.0 Å². The summed E-state index contributed by atoms with van der Waals surface area (Å²) in [5.74, 6) is 0.869. The fourth-order valence-corrected chi connectivity index (χ4v) is 4.29. The molecule has 2 fully saturated rings. The Bertz CT molecular complexity index is 683. The molecule has 0 spiro atoms. The fourth-order valence-electron chi connectivity index (χ4n) is 4.29. The first kappa shape index (κ1) is 18.0. The molecule has 2 N–H and O–H groups in total. The maximum Gasteiger partial charge on any atom is 0.239 e. The molecule has 1 unspecified atom stereocenters. The van der Waals surface area contributed by atoms with Crippen LogP contribution in [0.1, 0.15) is 55.0 Å². The van der Waals surface area contributed by atoms with E-state index in [1.165, 1.54) is 12.8 Å². The van der Waals surface area contributed by atoms with Gasteiger partial charge in [-0.1, -0.05) is 12.8 Å². The monoisotopic (exact) mass is 344 g/mol. The average molecular weight is 344 g/mol. The van der Waals surface area contributed by atoms with Crippen molar-refractivity contribution in [1.82, 2.24) is 9.47 Å². The lowest BCUT2D eigenvalue weighted by molar-refractivity contribution is -0.117. The Morgan fingerprint density at radius 1 is 1.32 bits per heavy atom. The number of nitrogens with zero attached hydrogens (tertiary/aromatic N) is 3. The largest absolute Gasteiger partial charge is 0.396 e. The highest BCUT2D eigenvalue weighted by Crippen LogP contribution is 2.37. The number of aliphatic hydroxyl groups is 1. The number of likely N-dealkylation sites (tertiary alicyclic amines) is 1. The summed E-state index contributed by atoms with van der Waals surface area (Å²) in [6.07, 6.45) is 5.55. The second-order valence-corrected chi connectivity index (χ2v) is 7.47. The maximum absolute atomic E-state index is 12.6. The Labute approximate surface area is 149 Å². The zero-order valence-electron chi connectivity index (χ0n) is 15.2. The molecule has 2 heterocycles. The van der Waals surface area contributed by atoms with Crippen LogP contribution >= 0.6 is 0 Å². The smallest absolute Gasteiger partial charge is 0.239 e. The van der Waals surface area contributed by atoms with Gasteiger partial charge in [-0.2, -0.15) is 5.26 Å². The standard InChI is InChI=1S/C19H28N4O2/c1-13-14(2)23(16-5-3-4-6-16)19(17(13)9-20)21-18(25)11-22-8-7-15(10-22)12-24/h15-16,24H,3-8,10-12H2,1-2H3,(H,21,25). The lowest BCUT2D eigenvalue weighted by Crippen LogP contribution is -2.32. The topological polar surface area (TPSA) is 81.3 Å². The summed E-state index contributed by atoms with van der Waals surface area (Å²) in [6, 6.07) is 2.66. The summed E-state index contributed by atoms with van der Waals surface area (Å²) < 4.78 is 2.18. The number of amides is 1. The van der Waals surface area contributed by atoms with Gasteiger partial charge >= 0.3 is 0 Å².